The summed E-state index contributed by atoms with van der Waals surface area (Å²) >= 11 is 0. The molecule has 3 heterocycles. The number of phenols is 3. The second kappa shape index (κ2) is 19.8. The van der Waals surface area contributed by atoms with Crippen molar-refractivity contribution in [3.63, 3.8) is 0 Å². The van der Waals surface area contributed by atoms with E-state index in [4.69, 9.17) is 23.8 Å². The summed E-state index contributed by atoms with van der Waals surface area (Å²) in [7, 11) is 1.43. The van der Waals surface area contributed by atoms with Gasteiger partial charge in [-0.05, 0) is 32.8 Å². The molecule has 0 radical (unpaired) electrons. The topological polar surface area (TPSA) is 223 Å². The quantitative estimate of drug-likeness (QED) is 0.0388. The fourth-order valence-electron chi connectivity index (χ4n) is 7.61. The SMILES string of the molecule is CCCCCCO/N=C/c1c2c(O)c3c(O)c(C)c4c(c3c1O)C(=O)[C@@](C)(O/C=C/[C@H](OC)[C@@H](C)[C@@H](OC(C)=O)[C@H](C)[C@H](O)[C@H](C)[C@@H](O)[C@@H](C)/C=C/C=C(/C)C(=O)N2)O4. The van der Waals surface area contributed by atoms with Crippen molar-refractivity contribution in [2.75, 3.05) is 19.0 Å². The Labute approximate surface area is 345 Å². The summed E-state index contributed by atoms with van der Waals surface area (Å²) in [4.78, 5) is 45.8. The first kappa shape index (κ1) is 46.6. The van der Waals surface area contributed by atoms with Crippen LogP contribution in [0.5, 0.6) is 23.0 Å². The summed E-state index contributed by atoms with van der Waals surface area (Å²) in [5.74, 6) is -8.56. The third kappa shape index (κ3) is 9.85. The Morgan fingerprint density at radius 2 is 1.64 bits per heavy atom. The lowest BCUT2D eigenvalue weighted by Gasteiger charge is -2.38. The number of phenolic OH excluding ortho intramolecular Hbond substituents is 3. The van der Waals surface area contributed by atoms with Crippen LogP contribution in [0.15, 0.2) is 41.3 Å². The minimum Gasteiger partial charge on any atom is -0.507 e. The highest BCUT2D eigenvalue weighted by Gasteiger charge is 2.50. The van der Waals surface area contributed by atoms with E-state index in [1.165, 1.54) is 53.2 Å². The van der Waals surface area contributed by atoms with Gasteiger partial charge in [0, 0.05) is 61.2 Å². The zero-order valence-electron chi connectivity index (χ0n) is 35.6. The van der Waals surface area contributed by atoms with Crippen LogP contribution in [0.25, 0.3) is 10.8 Å². The van der Waals surface area contributed by atoms with Gasteiger partial charge >= 0.3 is 11.8 Å². The van der Waals surface area contributed by atoms with Crippen molar-refractivity contribution >= 4 is 40.3 Å². The number of aromatic hydroxyl groups is 3. The third-order valence-corrected chi connectivity index (χ3v) is 11.4. The summed E-state index contributed by atoms with van der Waals surface area (Å²) in [6, 6.07) is 0. The average molecular weight is 825 g/mol. The van der Waals surface area contributed by atoms with Gasteiger partial charge in [0.2, 0.25) is 0 Å². The van der Waals surface area contributed by atoms with E-state index in [1.807, 2.05) is 0 Å². The van der Waals surface area contributed by atoms with E-state index in [0.717, 1.165) is 25.5 Å². The van der Waals surface area contributed by atoms with Crippen LogP contribution in [0.3, 0.4) is 0 Å². The first-order valence-corrected chi connectivity index (χ1v) is 20.1. The maximum atomic E-state index is 14.4. The van der Waals surface area contributed by atoms with E-state index in [9.17, 15) is 39.9 Å². The number of aliphatic hydroxyl groups is 2. The number of oxime groups is 1. The number of fused-ring (bicyclic) bond motifs is 14. The monoisotopic (exact) mass is 824 g/mol. The molecule has 15 heteroatoms. The van der Waals surface area contributed by atoms with Crippen molar-refractivity contribution in [1.29, 1.82) is 0 Å². The van der Waals surface area contributed by atoms with Gasteiger partial charge < -0.3 is 54.6 Å². The third-order valence-electron chi connectivity index (χ3n) is 11.4. The minimum absolute atomic E-state index is 0.0402. The summed E-state index contributed by atoms with van der Waals surface area (Å²) in [6.45, 7) is 14.8. The number of hydrogen-bond acceptors (Lipinski definition) is 14. The molecule has 0 aliphatic carbocycles. The van der Waals surface area contributed by atoms with Gasteiger partial charge in [0.1, 0.15) is 30.0 Å². The van der Waals surface area contributed by atoms with E-state index >= 15 is 0 Å². The number of esters is 1. The first-order valence-electron chi connectivity index (χ1n) is 20.1. The molecule has 5 rings (SSSR count). The number of ether oxygens (including phenoxy) is 4. The number of aliphatic hydroxyl groups excluding tert-OH is 2. The molecule has 1 amide bonds. The lowest BCUT2D eigenvalue weighted by Crippen LogP contribution is -2.46. The predicted octanol–water partition coefficient (Wildman–Crippen LogP) is 6.68. The largest absolute Gasteiger partial charge is 0.507 e. The summed E-state index contributed by atoms with van der Waals surface area (Å²) in [5.41, 5.74) is -0.556. The number of ketones is 1. The Kier molecular flexibility index (Phi) is 15.6. The van der Waals surface area contributed by atoms with Gasteiger partial charge in [0.15, 0.2) is 5.75 Å². The van der Waals surface area contributed by atoms with Crippen LogP contribution in [0.1, 0.15) is 103 Å². The van der Waals surface area contributed by atoms with Crippen LogP contribution < -0.4 is 10.1 Å². The Bertz CT molecular complexity index is 2010. The number of Topliss-reactive ketones (excluding diaryl/α,β-unsaturated/α-hetero) is 1. The van der Waals surface area contributed by atoms with Crippen molar-refractivity contribution in [3.8, 4) is 23.0 Å². The van der Waals surface area contributed by atoms with E-state index in [-0.39, 0.29) is 51.1 Å². The number of amides is 1. The molecule has 9 atom stereocenters. The van der Waals surface area contributed by atoms with Crippen molar-refractivity contribution in [1.82, 2.24) is 0 Å². The lowest BCUT2D eigenvalue weighted by molar-refractivity contribution is -0.160. The molecule has 59 heavy (non-hydrogen) atoms. The standard InChI is InChI=1S/C44H60N2O13/c1-11-12-13-14-19-57-45-21-29-34-39(52)32-31(38(29)51)33-41(27(7)37(32)50)59-44(9,42(33)53)56-20-18-30(55-10)24(4)40(58-28(8)47)26(6)36(49)25(5)35(48)22(2)16-15-17-23(3)43(54)46-34/h15-18,20-22,24-26,30,35-36,40,48-52H,11-14,19H2,1-10H3,(H,46,54)/b16-15+,20-18+,23-17-,45-21+/t22-,24+,25+,26+,30-,35-,36+,40+,44-/m0/s1. The number of carbonyl (C=O) groups is 3. The molecule has 3 aliphatic rings. The number of hydrogen-bond donors (Lipinski definition) is 6. The van der Waals surface area contributed by atoms with Crippen LogP contribution in [0, 0.1) is 30.6 Å². The predicted molar refractivity (Wildman–Crippen MR) is 222 cm³/mol. The van der Waals surface area contributed by atoms with E-state index < -0.39 is 88.8 Å². The molecule has 324 valence electrons. The molecular formula is C44H60N2O13. The molecule has 0 fully saturated rings. The van der Waals surface area contributed by atoms with Gasteiger partial charge in [0.25, 0.3) is 11.7 Å². The van der Waals surface area contributed by atoms with Crippen molar-refractivity contribution < 1.29 is 63.7 Å². The molecule has 0 saturated heterocycles. The fraction of sp³-hybridized carbons (Fsp3) is 0.545. The maximum absolute atomic E-state index is 14.4. The smallest absolute Gasteiger partial charge is 0.312 e. The fourth-order valence-corrected chi connectivity index (χ4v) is 7.61. The normalized spacial score (nSPS) is 30.1. The number of methoxy groups -OCH3 is 1. The zero-order valence-corrected chi connectivity index (χ0v) is 35.6. The molecule has 3 aliphatic heterocycles. The number of unbranched alkanes of at least 4 members (excludes halogenated alkanes) is 3. The van der Waals surface area contributed by atoms with Gasteiger partial charge in [-0.3, -0.25) is 14.4 Å². The molecule has 0 aromatic heterocycles. The highest BCUT2D eigenvalue weighted by atomic mass is 16.7. The number of allylic oxidation sites excluding steroid dienone is 2. The van der Waals surface area contributed by atoms with Gasteiger partial charge in [-0.25, -0.2) is 0 Å². The van der Waals surface area contributed by atoms with Crippen LogP contribution in [-0.2, 0) is 28.6 Å². The van der Waals surface area contributed by atoms with Crippen molar-refractivity contribution in [3.05, 3.63) is 52.8 Å². The zero-order chi connectivity index (χ0) is 43.9. The number of anilines is 1. The van der Waals surface area contributed by atoms with Crippen LogP contribution in [0.4, 0.5) is 5.69 Å². The Morgan fingerprint density at radius 1 is 0.949 bits per heavy atom. The molecule has 6 N–H and O–H groups in total. The van der Waals surface area contributed by atoms with E-state index in [2.05, 4.69) is 17.4 Å². The van der Waals surface area contributed by atoms with E-state index in [1.54, 1.807) is 39.8 Å². The molecular weight excluding hydrogens is 764 g/mol. The molecule has 2 aromatic carbocycles. The highest BCUT2D eigenvalue weighted by molar-refractivity contribution is 6.23. The Hall–Kier alpha value is -5.12. The number of nitrogens with one attached hydrogen (secondary N) is 1. The Balaban J connectivity index is 1.93. The molecule has 0 saturated carbocycles. The van der Waals surface area contributed by atoms with Gasteiger partial charge in [-0.2, -0.15) is 0 Å². The molecule has 0 unspecified atom stereocenters. The second-order valence-corrected chi connectivity index (χ2v) is 15.7. The Morgan fingerprint density at radius 3 is 2.29 bits per heavy atom. The van der Waals surface area contributed by atoms with Crippen LogP contribution in [-0.4, -0.2) is 93.3 Å². The maximum Gasteiger partial charge on any atom is 0.312 e. The number of carbonyl (C=O) groups excluding carboxylic acids is 3. The van der Waals surface area contributed by atoms with Crippen LogP contribution in [0.2, 0.25) is 0 Å². The molecule has 5 bridgehead atoms. The number of nitrogens with zero attached hydrogens (tertiary/aromatic N) is 1. The van der Waals surface area contributed by atoms with Gasteiger partial charge in [-0.1, -0.05) is 70.8 Å². The number of rotatable bonds is 9. The summed E-state index contributed by atoms with van der Waals surface area (Å²) < 4.78 is 23.5. The van der Waals surface area contributed by atoms with Crippen molar-refractivity contribution in [2.24, 2.45) is 28.8 Å². The number of benzene rings is 2. The van der Waals surface area contributed by atoms with Crippen LogP contribution >= 0.6 is 0 Å². The van der Waals surface area contributed by atoms with Gasteiger partial charge in [-0.15, -0.1) is 0 Å². The molecule has 15 nitrogen and oxygen atoms in total. The minimum atomic E-state index is -2.05. The molecule has 2 aromatic rings. The molecule has 0 spiro atoms. The van der Waals surface area contributed by atoms with Gasteiger partial charge in [0.05, 0.1) is 53.0 Å². The second-order valence-electron chi connectivity index (χ2n) is 15.7. The lowest BCUT2D eigenvalue weighted by atomic mass is 9.78. The summed E-state index contributed by atoms with van der Waals surface area (Å²) in [5, 5.41) is 64.1. The van der Waals surface area contributed by atoms with E-state index in [0.29, 0.717) is 6.42 Å². The highest BCUT2D eigenvalue weighted by Crippen LogP contribution is 2.55. The van der Waals surface area contributed by atoms with Crippen molar-refractivity contribution in [2.45, 2.75) is 118 Å². The average Bonchev–Trinajstić information content (AvgIpc) is 3.46. The summed E-state index contributed by atoms with van der Waals surface area (Å²) in [6.07, 6.45) is 8.25. The first-order chi connectivity index (χ1) is 27.8.